The van der Waals surface area contributed by atoms with Crippen LogP contribution in [-0.2, 0) is 19.1 Å². The SMILES string of the molecule is C=CCN(C)C(=O)[C@@H]1[C@@H]2CCC3(S2)C(C(=O)N(CC=C)CCN2CCOCC2)N([C@@H](CO)[C@@H](C)CC)C(=O)[C@H]13. The number of carbonyl (C=O) groups is 3. The molecule has 4 aliphatic heterocycles. The van der Waals surface area contributed by atoms with Crippen LogP contribution in [0.15, 0.2) is 25.3 Å². The van der Waals surface area contributed by atoms with Crippen LogP contribution in [0, 0.1) is 17.8 Å². The molecule has 0 saturated carbocycles. The van der Waals surface area contributed by atoms with Crippen LogP contribution in [0.5, 0.6) is 0 Å². The first-order valence-electron chi connectivity index (χ1n) is 14.4. The largest absolute Gasteiger partial charge is 0.394 e. The monoisotopic (exact) mass is 562 g/mol. The lowest BCUT2D eigenvalue weighted by atomic mass is 9.70. The van der Waals surface area contributed by atoms with Crippen molar-refractivity contribution in [1.82, 2.24) is 19.6 Å². The maximum atomic E-state index is 14.6. The summed E-state index contributed by atoms with van der Waals surface area (Å²) < 4.78 is 4.80. The fourth-order valence-corrected chi connectivity index (χ4v) is 9.26. The Balaban J connectivity index is 1.70. The highest BCUT2D eigenvalue weighted by atomic mass is 32.2. The zero-order valence-electron chi connectivity index (χ0n) is 23.8. The van der Waals surface area contributed by atoms with Crippen LogP contribution in [0.2, 0.25) is 0 Å². The van der Waals surface area contributed by atoms with E-state index < -0.39 is 28.7 Å². The summed E-state index contributed by atoms with van der Waals surface area (Å²) in [6, 6.07) is -1.20. The Morgan fingerprint density at radius 2 is 1.92 bits per heavy atom. The average molecular weight is 563 g/mol. The predicted molar refractivity (Wildman–Crippen MR) is 153 cm³/mol. The lowest BCUT2D eigenvalue weighted by Gasteiger charge is -2.41. The molecule has 3 amide bonds. The number of thioether (sulfide) groups is 1. The first kappa shape index (κ1) is 30.1. The van der Waals surface area contributed by atoms with Gasteiger partial charge in [0.05, 0.1) is 42.4 Å². The molecule has 9 nitrogen and oxygen atoms in total. The number of ether oxygens (including phenoxy) is 1. The third-order valence-electron chi connectivity index (χ3n) is 9.33. The molecule has 4 rings (SSSR count). The van der Waals surface area contributed by atoms with Gasteiger partial charge in [0.1, 0.15) is 6.04 Å². The van der Waals surface area contributed by atoms with E-state index in [1.807, 2.05) is 18.7 Å². The summed E-state index contributed by atoms with van der Waals surface area (Å²) in [5, 5.41) is 10.5. The first-order chi connectivity index (χ1) is 18.7. The molecule has 0 aliphatic carbocycles. The second-order valence-corrected chi connectivity index (χ2v) is 13.1. The van der Waals surface area contributed by atoms with Crippen LogP contribution >= 0.6 is 11.8 Å². The summed E-state index contributed by atoms with van der Waals surface area (Å²) in [6.07, 6.45) is 5.70. The molecule has 4 fully saturated rings. The number of aliphatic hydroxyl groups excluding tert-OH is 1. The quantitative estimate of drug-likeness (QED) is 0.340. The second kappa shape index (κ2) is 12.7. The molecule has 2 unspecified atom stereocenters. The van der Waals surface area contributed by atoms with Crippen molar-refractivity contribution in [3.05, 3.63) is 25.3 Å². The smallest absolute Gasteiger partial charge is 0.247 e. The minimum atomic E-state index is -0.719. The van der Waals surface area contributed by atoms with Gasteiger partial charge in [0.2, 0.25) is 17.7 Å². The molecule has 4 aliphatic rings. The van der Waals surface area contributed by atoms with Gasteiger partial charge in [0, 0.05) is 51.6 Å². The second-order valence-electron chi connectivity index (χ2n) is 11.5. The molecule has 218 valence electrons. The predicted octanol–water partition coefficient (Wildman–Crippen LogP) is 1.48. The van der Waals surface area contributed by atoms with Crippen molar-refractivity contribution in [2.45, 2.75) is 55.2 Å². The number of likely N-dealkylation sites (tertiary alicyclic amines) is 1. The molecule has 0 radical (unpaired) electrons. The number of likely N-dealkylation sites (N-methyl/N-ethyl adjacent to an activating group) is 1. The number of carbonyl (C=O) groups excluding carboxylic acids is 3. The van der Waals surface area contributed by atoms with E-state index >= 15 is 0 Å². The summed E-state index contributed by atoms with van der Waals surface area (Å²) in [5.74, 6) is -1.34. The van der Waals surface area contributed by atoms with Gasteiger partial charge < -0.3 is 24.5 Å². The Labute approximate surface area is 237 Å². The van der Waals surface area contributed by atoms with Crippen LogP contribution in [0.4, 0.5) is 0 Å². The van der Waals surface area contributed by atoms with Gasteiger partial charge in [-0.3, -0.25) is 19.3 Å². The minimum Gasteiger partial charge on any atom is -0.394 e. The topological polar surface area (TPSA) is 93.6 Å². The van der Waals surface area contributed by atoms with Crippen molar-refractivity contribution in [3.8, 4) is 0 Å². The lowest BCUT2D eigenvalue weighted by Crippen LogP contribution is -2.59. The molecule has 0 aromatic heterocycles. The van der Waals surface area contributed by atoms with E-state index in [0.717, 1.165) is 32.5 Å². The van der Waals surface area contributed by atoms with Gasteiger partial charge in [-0.05, 0) is 18.8 Å². The minimum absolute atomic E-state index is 0.00507. The highest BCUT2D eigenvalue weighted by Crippen LogP contribution is 2.67. The zero-order chi connectivity index (χ0) is 28.3. The van der Waals surface area contributed by atoms with Gasteiger partial charge in [-0.15, -0.1) is 24.9 Å². The Hall–Kier alpha value is -1.88. The van der Waals surface area contributed by atoms with Crippen LogP contribution < -0.4 is 0 Å². The van der Waals surface area contributed by atoms with E-state index in [2.05, 4.69) is 18.1 Å². The molecular formula is C29H46N4O5S. The molecule has 10 heteroatoms. The van der Waals surface area contributed by atoms with E-state index in [1.165, 1.54) is 0 Å². The Bertz CT molecular complexity index is 943. The Kier molecular flexibility index (Phi) is 9.83. The molecule has 0 aromatic carbocycles. The molecule has 0 aromatic rings. The van der Waals surface area contributed by atoms with E-state index in [-0.39, 0.29) is 35.5 Å². The Morgan fingerprint density at radius 3 is 2.54 bits per heavy atom. The molecule has 4 heterocycles. The summed E-state index contributed by atoms with van der Waals surface area (Å²) in [5.41, 5.74) is 0. The van der Waals surface area contributed by atoms with E-state index in [9.17, 15) is 19.5 Å². The molecule has 7 atom stereocenters. The standard InChI is InChI=1S/C29H46N4O5S/c1-6-11-30(5)26(35)23-22-9-10-29(39-22)24(23)27(36)33(21(19-34)20(4)8-3)25(29)28(37)32(12-7-2)14-13-31-15-17-38-18-16-31/h6-7,20-25,34H,1-2,8-19H2,3-5H3/t20-,21-,22-,23+,24-,25?,29?/m0/s1. The summed E-state index contributed by atoms with van der Waals surface area (Å²) in [4.78, 5) is 50.1. The number of nitrogens with zero attached hydrogens (tertiary/aromatic N) is 4. The van der Waals surface area contributed by atoms with Crippen LogP contribution in [0.25, 0.3) is 0 Å². The average Bonchev–Trinajstić information content (AvgIpc) is 3.59. The number of amides is 3. The van der Waals surface area contributed by atoms with E-state index in [4.69, 9.17) is 4.74 Å². The van der Waals surface area contributed by atoms with E-state index in [1.54, 1.807) is 40.8 Å². The summed E-state index contributed by atoms with van der Waals surface area (Å²) in [7, 11) is 1.75. The van der Waals surface area contributed by atoms with Gasteiger partial charge in [-0.1, -0.05) is 32.4 Å². The maximum Gasteiger partial charge on any atom is 0.247 e. The molecule has 1 N–H and O–H groups in total. The number of aliphatic hydroxyl groups is 1. The molecule has 2 bridgehead atoms. The third-order valence-corrected chi connectivity index (χ3v) is 11.3. The fraction of sp³-hybridized carbons (Fsp3) is 0.759. The van der Waals surface area contributed by atoms with Gasteiger partial charge >= 0.3 is 0 Å². The number of hydrogen-bond acceptors (Lipinski definition) is 7. The number of morpholine rings is 1. The number of rotatable bonds is 13. The van der Waals surface area contributed by atoms with Crippen molar-refractivity contribution in [2.75, 3.05) is 66.1 Å². The van der Waals surface area contributed by atoms with Crippen LogP contribution in [0.3, 0.4) is 0 Å². The van der Waals surface area contributed by atoms with E-state index in [0.29, 0.717) is 39.3 Å². The van der Waals surface area contributed by atoms with Gasteiger partial charge in [-0.2, -0.15) is 0 Å². The van der Waals surface area contributed by atoms with Crippen molar-refractivity contribution in [3.63, 3.8) is 0 Å². The third kappa shape index (κ3) is 5.42. The highest BCUT2D eigenvalue weighted by molar-refractivity contribution is 8.02. The number of fused-ring (bicyclic) bond motifs is 1. The van der Waals surface area contributed by atoms with Crippen molar-refractivity contribution in [2.24, 2.45) is 17.8 Å². The lowest BCUT2D eigenvalue weighted by molar-refractivity contribution is -0.148. The van der Waals surface area contributed by atoms with Gasteiger partial charge in [0.25, 0.3) is 0 Å². The van der Waals surface area contributed by atoms with Gasteiger partial charge in [0.15, 0.2) is 0 Å². The summed E-state index contributed by atoms with van der Waals surface area (Å²) in [6.45, 7) is 16.6. The maximum absolute atomic E-state index is 14.6. The van der Waals surface area contributed by atoms with Crippen molar-refractivity contribution < 1.29 is 24.2 Å². The van der Waals surface area contributed by atoms with Crippen molar-refractivity contribution >= 4 is 29.5 Å². The molecule has 4 saturated heterocycles. The molecular weight excluding hydrogens is 516 g/mol. The fourth-order valence-electron chi connectivity index (χ4n) is 7.07. The normalized spacial score (nSPS) is 31.6. The molecule has 39 heavy (non-hydrogen) atoms. The highest BCUT2D eigenvalue weighted by Gasteiger charge is 2.74. The Morgan fingerprint density at radius 1 is 1.23 bits per heavy atom. The van der Waals surface area contributed by atoms with Crippen LogP contribution in [0.1, 0.15) is 33.1 Å². The molecule has 1 spiro atoms. The number of hydrogen-bond donors (Lipinski definition) is 1. The zero-order valence-corrected chi connectivity index (χ0v) is 24.6. The van der Waals surface area contributed by atoms with Crippen molar-refractivity contribution in [1.29, 1.82) is 0 Å². The van der Waals surface area contributed by atoms with Crippen LogP contribution in [-0.4, -0.2) is 131 Å². The van der Waals surface area contributed by atoms with Gasteiger partial charge in [-0.25, -0.2) is 0 Å². The summed E-state index contributed by atoms with van der Waals surface area (Å²) >= 11 is 1.68. The first-order valence-corrected chi connectivity index (χ1v) is 15.3.